The molecule has 0 N–H and O–H groups in total. The van der Waals surface area contributed by atoms with E-state index in [4.69, 9.17) is 4.43 Å². The van der Waals surface area contributed by atoms with E-state index in [1.54, 1.807) is 0 Å². The minimum atomic E-state index is -1.40. The van der Waals surface area contributed by atoms with Gasteiger partial charge in [0.2, 0.25) is 8.32 Å². The van der Waals surface area contributed by atoms with Crippen molar-refractivity contribution in [3.63, 3.8) is 0 Å². The van der Waals surface area contributed by atoms with E-state index in [1.165, 1.54) is 0 Å². The minimum Gasteiger partial charge on any atom is -0.544 e. The maximum atomic E-state index is 5.74. The summed E-state index contributed by atoms with van der Waals surface area (Å²) in [6, 6.07) is 22.0. The van der Waals surface area contributed by atoms with Gasteiger partial charge in [0, 0.05) is 0 Å². The topological polar surface area (TPSA) is 9.23 Å². The highest BCUT2D eigenvalue weighted by Crippen LogP contribution is 2.14. The summed E-state index contributed by atoms with van der Waals surface area (Å²) < 4.78 is 5.74. The molecule has 0 fully saturated rings. The van der Waals surface area contributed by atoms with E-state index in [1.807, 2.05) is 66.7 Å². The predicted molar refractivity (Wildman–Crippen MR) is 76.9 cm³/mol. The van der Waals surface area contributed by atoms with Crippen LogP contribution in [0, 0.1) is 0 Å². The third kappa shape index (κ3) is 7.36. The fourth-order valence-corrected chi connectivity index (χ4v) is 2.07. The summed E-state index contributed by atoms with van der Waals surface area (Å²) in [4.78, 5) is 0. The molecule has 0 bridgehead atoms. The largest absolute Gasteiger partial charge is 0.544 e. The van der Waals surface area contributed by atoms with Crippen molar-refractivity contribution < 1.29 is 4.43 Å². The van der Waals surface area contributed by atoms with Crippen LogP contribution in [-0.2, 0) is 0 Å². The van der Waals surface area contributed by atoms with Crippen molar-refractivity contribution in [2.75, 3.05) is 0 Å². The van der Waals surface area contributed by atoms with Gasteiger partial charge in [0.25, 0.3) is 0 Å². The van der Waals surface area contributed by atoms with Gasteiger partial charge < -0.3 is 4.43 Å². The predicted octanol–water partition coefficient (Wildman–Crippen LogP) is 4.59. The van der Waals surface area contributed by atoms with Crippen LogP contribution in [0.25, 0.3) is 0 Å². The molecule has 0 saturated heterocycles. The molecule has 0 radical (unpaired) electrons. The Morgan fingerprint density at radius 1 is 0.647 bits per heavy atom. The molecule has 0 aromatic heterocycles. The van der Waals surface area contributed by atoms with Gasteiger partial charge >= 0.3 is 0 Å². The molecule has 0 aliphatic heterocycles. The van der Waals surface area contributed by atoms with E-state index in [0.29, 0.717) is 0 Å². The van der Waals surface area contributed by atoms with Crippen LogP contribution in [0.15, 0.2) is 66.7 Å². The molecule has 2 rings (SSSR count). The SMILES string of the molecule is C[Si](C)(C)Oc1ccccc1.c1ccccc1. The smallest absolute Gasteiger partial charge is 0.242 e. The average Bonchev–Trinajstić information content (AvgIpc) is 2.31. The number of para-hydroxylation sites is 1. The lowest BCUT2D eigenvalue weighted by atomic mass is 10.3. The molecule has 90 valence electrons. The molecule has 0 heterocycles. The normalized spacial score (nSPS) is 10.1. The van der Waals surface area contributed by atoms with Crippen LogP contribution >= 0.6 is 0 Å². The Kier molecular flexibility index (Phi) is 5.50. The zero-order chi connectivity index (χ0) is 12.6. The minimum absolute atomic E-state index is 0.992. The van der Waals surface area contributed by atoms with Crippen LogP contribution in [0.3, 0.4) is 0 Å². The Balaban J connectivity index is 0.000000202. The highest BCUT2D eigenvalue weighted by molar-refractivity contribution is 6.70. The lowest BCUT2D eigenvalue weighted by Crippen LogP contribution is -2.29. The summed E-state index contributed by atoms with van der Waals surface area (Å²) in [6.07, 6.45) is 0. The zero-order valence-corrected chi connectivity index (χ0v) is 11.8. The maximum Gasteiger partial charge on any atom is 0.242 e. The molecule has 0 unspecified atom stereocenters. The lowest BCUT2D eigenvalue weighted by Gasteiger charge is -2.18. The molecule has 0 atom stereocenters. The summed E-state index contributed by atoms with van der Waals surface area (Å²) in [5, 5.41) is 0. The van der Waals surface area contributed by atoms with Gasteiger partial charge in [-0.25, -0.2) is 0 Å². The Bertz CT molecular complexity index is 366. The van der Waals surface area contributed by atoms with E-state index in [0.717, 1.165) is 5.75 Å². The quantitative estimate of drug-likeness (QED) is 0.702. The van der Waals surface area contributed by atoms with Gasteiger partial charge in [0.1, 0.15) is 5.75 Å². The van der Waals surface area contributed by atoms with Gasteiger partial charge in [-0.05, 0) is 31.8 Å². The maximum absolute atomic E-state index is 5.74. The van der Waals surface area contributed by atoms with Crippen LogP contribution in [0.4, 0.5) is 0 Å². The molecule has 2 aromatic rings. The summed E-state index contributed by atoms with van der Waals surface area (Å²) in [5.74, 6) is 0.992. The Labute approximate surface area is 105 Å². The van der Waals surface area contributed by atoms with Gasteiger partial charge in [-0.2, -0.15) is 0 Å². The highest BCUT2D eigenvalue weighted by Gasteiger charge is 2.15. The molecule has 2 heteroatoms. The van der Waals surface area contributed by atoms with E-state index in [2.05, 4.69) is 19.6 Å². The second kappa shape index (κ2) is 6.92. The molecule has 0 saturated carbocycles. The van der Waals surface area contributed by atoms with E-state index >= 15 is 0 Å². The van der Waals surface area contributed by atoms with Crippen molar-refractivity contribution in [2.24, 2.45) is 0 Å². The third-order valence-electron chi connectivity index (χ3n) is 1.83. The molecule has 17 heavy (non-hydrogen) atoms. The van der Waals surface area contributed by atoms with Crippen LogP contribution in [0.2, 0.25) is 19.6 Å². The number of hydrogen-bond acceptors (Lipinski definition) is 1. The molecule has 1 nitrogen and oxygen atoms in total. The van der Waals surface area contributed by atoms with Crippen LogP contribution in [-0.4, -0.2) is 8.32 Å². The molecule has 2 aromatic carbocycles. The summed E-state index contributed by atoms with van der Waals surface area (Å²) >= 11 is 0. The Morgan fingerprint density at radius 3 is 1.35 bits per heavy atom. The van der Waals surface area contributed by atoms with Crippen LogP contribution in [0.5, 0.6) is 5.75 Å². The molecule has 0 spiro atoms. The standard InChI is InChI=1S/C9H14OSi.C6H6/c1-11(2,3)10-9-7-5-4-6-8-9;1-2-4-6-5-3-1/h4-8H,1-3H3;1-6H. The molecular weight excluding hydrogens is 224 g/mol. The molecule has 0 aliphatic rings. The van der Waals surface area contributed by atoms with Crippen molar-refractivity contribution in [1.29, 1.82) is 0 Å². The van der Waals surface area contributed by atoms with E-state index in [-0.39, 0.29) is 0 Å². The van der Waals surface area contributed by atoms with E-state index in [9.17, 15) is 0 Å². The second-order valence-electron chi connectivity index (χ2n) is 4.68. The zero-order valence-electron chi connectivity index (χ0n) is 10.8. The van der Waals surface area contributed by atoms with Crippen molar-refractivity contribution in [1.82, 2.24) is 0 Å². The number of rotatable bonds is 2. The first-order chi connectivity index (χ1) is 8.08. The van der Waals surface area contributed by atoms with Crippen molar-refractivity contribution >= 4 is 8.32 Å². The third-order valence-corrected chi connectivity index (χ3v) is 2.68. The molecule has 0 amide bonds. The monoisotopic (exact) mass is 244 g/mol. The summed E-state index contributed by atoms with van der Waals surface area (Å²) in [7, 11) is -1.40. The molecule has 0 aliphatic carbocycles. The fourth-order valence-electron chi connectivity index (χ4n) is 1.23. The van der Waals surface area contributed by atoms with Crippen LogP contribution in [0.1, 0.15) is 0 Å². The number of benzene rings is 2. The van der Waals surface area contributed by atoms with E-state index < -0.39 is 8.32 Å². The second-order valence-corrected chi connectivity index (χ2v) is 9.11. The fraction of sp³-hybridized carbons (Fsp3) is 0.200. The first-order valence-electron chi connectivity index (χ1n) is 5.82. The first-order valence-corrected chi connectivity index (χ1v) is 9.23. The summed E-state index contributed by atoms with van der Waals surface area (Å²) in [6.45, 7) is 6.54. The van der Waals surface area contributed by atoms with Gasteiger partial charge in [-0.15, -0.1) is 0 Å². The Hall–Kier alpha value is -1.54. The van der Waals surface area contributed by atoms with Crippen LogP contribution < -0.4 is 4.43 Å². The van der Waals surface area contributed by atoms with Gasteiger partial charge in [-0.3, -0.25) is 0 Å². The molecular formula is C15H20OSi. The van der Waals surface area contributed by atoms with Crippen molar-refractivity contribution in [2.45, 2.75) is 19.6 Å². The van der Waals surface area contributed by atoms with Gasteiger partial charge in [0.05, 0.1) is 0 Å². The average molecular weight is 244 g/mol. The van der Waals surface area contributed by atoms with Crippen molar-refractivity contribution in [3.8, 4) is 5.75 Å². The van der Waals surface area contributed by atoms with Gasteiger partial charge in [0.15, 0.2) is 0 Å². The highest BCUT2D eigenvalue weighted by atomic mass is 28.4. The lowest BCUT2D eigenvalue weighted by molar-refractivity contribution is 0.558. The van der Waals surface area contributed by atoms with Gasteiger partial charge in [-0.1, -0.05) is 54.6 Å². The Morgan fingerprint density at radius 2 is 1.00 bits per heavy atom. The number of hydrogen-bond donors (Lipinski definition) is 0. The van der Waals surface area contributed by atoms with Crippen molar-refractivity contribution in [3.05, 3.63) is 66.7 Å². The first kappa shape index (κ1) is 13.5. The summed E-state index contributed by atoms with van der Waals surface area (Å²) in [5.41, 5.74) is 0.